The molecule has 1 saturated heterocycles. The maximum absolute atomic E-state index is 13.1. The van der Waals surface area contributed by atoms with Gasteiger partial charge >= 0.3 is 0 Å². The van der Waals surface area contributed by atoms with Crippen molar-refractivity contribution in [3.8, 4) is 0 Å². The van der Waals surface area contributed by atoms with Crippen LogP contribution in [-0.2, 0) is 21.4 Å². The Labute approximate surface area is 195 Å². The molecule has 33 heavy (non-hydrogen) atoms. The van der Waals surface area contributed by atoms with Crippen LogP contribution >= 0.6 is 0 Å². The Morgan fingerprint density at radius 1 is 0.848 bits per heavy atom. The molecule has 3 aromatic rings. The number of Topliss-reactive ketones (excluding diaryl/α,β-unsaturated/α-hetero) is 1. The largest absolute Gasteiger partial charge is 0.507 e. The molecule has 4 heteroatoms. The van der Waals surface area contributed by atoms with Crippen molar-refractivity contribution in [3.63, 3.8) is 0 Å². The van der Waals surface area contributed by atoms with Gasteiger partial charge in [0.05, 0.1) is 11.6 Å². The lowest BCUT2D eigenvalue weighted by Crippen LogP contribution is -2.31. The topological polar surface area (TPSA) is 57.6 Å². The summed E-state index contributed by atoms with van der Waals surface area (Å²) in [6.07, 6.45) is 0.621. The van der Waals surface area contributed by atoms with E-state index in [1.807, 2.05) is 60.7 Å². The number of carbonyl (C=O) groups excluding carboxylic acids is 2. The van der Waals surface area contributed by atoms with Gasteiger partial charge in [-0.15, -0.1) is 0 Å². The number of aliphatic hydroxyl groups is 1. The van der Waals surface area contributed by atoms with Crippen LogP contribution in [0.15, 0.2) is 90.5 Å². The van der Waals surface area contributed by atoms with Crippen molar-refractivity contribution in [1.29, 1.82) is 0 Å². The molecule has 168 valence electrons. The smallest absolute Gasteiger partial charge is 0.295 e. The maximum Gasteiger partial charge on any atom is 0.295 e. The summed E-state index contributed by atoms with van der Waals surface area (Å²) in [5, 5.41) is 11.1. The lowest BCUT2D eigenvalue weighted by atomic mass is 9.85. The highest BCUT2D eigenvalue weighted by Gasteiger charge is 2.45. The number of aliphatic hydroxyl groups excluding tert-OH is 1. The number of ketones is 1. The number of carbonyl (C=O) groups is 2. The van der Waals surface area contributed by atoms with E-state index in [2.05, 4.69) is 20.8 Å². The normalized spacial score (nSPS) is 18.0. The van der Waals surface area contributed by atoms with Crippen LogP contribution in [0, 0.1) is 0 Å². The summed E-state index contributed by atoms with van der Waals surface area (Å²) in [5.74, 6) is -1.36. The van der Waals surface area contributed by atoms with Crippen LogP contribution in [0.1, 0.15) is 49.1 Å². The maximum atomic E-state index is 13.1. The Bertz CT molecular complexity index is 1170. The molecule has 0 aliphatic carbocycles. The third-order valence-electron chi connectivity index (χ3n) is 6.16. The first kappa shape index (κ1) is 22.5. The molecule has 3 aromatic carbocycles. The van der Waals surface area contributed by atoms with Gasteiger partial charge in [-0.2, -0.15) is 0 Å². The standard InChI is InChI=1S/C29H29NO3/c1-29(2,3)23-16-14-21(15-17-23)25-24(26(31)22-12-8-5-9-13-22)27(32)28(33)30(25)19-18-20-10-6-4-7-11-20/h4-17,25,31H,18-19H2,1-3H3/b26-24+. The molecular formula is C29H29NO3. The SMILES string of the molecule is CC(C)(C)c1ccc(C2/C(=C(\O)c3ccccc3)C(=O)C(=O)N2CCc2ccccc2)cc1. The van der Waals surface area contributed by atoms with Crippen LogP contribution in [0.4, 0.5) is 0 Å². The Hall–Kier alpha value is -3.66. The summed E-state index contributed by atoms with van der Waals surface area (Å²) in [4.78, 5) is 27.8. The van der Waals surface area contributed by atoms with Crippen LogP contribution in [0.5, 0.6) is 0 Å². The van der Waals surface area contributed by atoms with Gasteiger partial charge in [0.1, 0.15) is 5.76 Å². The van der Waals surface area contributed by atoms with Crippen LogP contribution in [-0.4, -0.2) is 28.2 Å². The van der Waals surface area contributed by atoms with Crippen molar-refractivity contribution in [2.24, 2.45) is 0 Å². The van der Waals surface area contributed by atoms with Gasteiger partial charge in [-0.1, -0.05) is 106 Å². The van der Waals surface area contributed by atoms with Gasteiger partial charge in [0.15, 0.2) is 0 Å². The summed E-state index contributed by atoms with van der Waals surface area (Å²) in [5.41, 5.74) is 3.71. The molecule has 4 rings (SSSR count). The molecule has 0 saturated carbocycles. The molecule has 0 bridgehead atoms. The van der Waals surface area contributed by atoms with Crippen molar-refractivity contribution in [1.82, 2.24) is 4.90 Å². The van der Waals surface area contributed by atoms with E-state index in [0.717, 1.165) is 16.7 Å². The van der Waals surface area contributed by atoms with Crippen LogP contribution in [0.2, 0.25) is 0 Å². The van der Waals surface area contributed by atoms with Gasteiger partial charge in [0, 0.05) is 12.1 Å². The van der Waals surface area contributed by atoms with E-state index in [4.69, 9.17) is 0 Å². The number of benzene rings is 3. The Morgan fingerprint density at radius 3 is 2.00 bits per heavy atom. The Balaban J connectivity index is 1.78. The summed E-state index contributed by atoms with van der Waals surface area (Å²) in [6.45, 7) is 6.81. The summed E-state index contributed by atoms with van der Waals surface area (Å²) in [7, 11) is 0. The van der Waals surface area contributed by atoms with E-state index in [1.54, 1.807) is 29.2 Å². The molecule has 1 aliphatic rings. The lowest BCUT2D eigenvalue weighted by Gasteiger charge is -2.26. The molecule has 4 nitrogen and oxygen atoms in total. The van der Waals surface area contributed by atoms with Gasteiger partial charge in [0.25, 0.3) is 11.7 Å². The molecule has 1 amide bonds. The second-order valence-corrected chi connectivity index (χ2v) is 9.47. The van der Waals surface area contributed by atoms with Crippen LogP contribution in [0.25, 0.3) is 5.76 Å². The quantitative estimate of drug-likeness (QED) is 0.318. The molecule has 1 N–H and O–H groups in total. The first-order valence-electron chi connectivity index (χ1n) is 11.3. The number of hydrogen-bond donors (Lipinski definition) is 1. The molecular weight excluding hydrogens is 410 g/mol. The fourth-order valence-corrected chi connectivity index (χ4v) is 4.27. The predicted molar refractivity (Wildman–Crippen MR) is 131 cm³/mol. The van der Waals surface area contributed by atoms with Crippen molar-refractivity contribution in [2.75, 3.05) is 6.54 Å². The van der Waals surface area contributed by atoms with Crippen molar-refractivity contribution in [2.45, 2.75) is 38.6 Å². The first-order valence-corrected chi connectivity index (χ1v) is 11.3. The molecule has 0 aromatic heterocycles. The van der Waals surface area contributed by atoms with E-state index in [-0.39, 0.29) is 16.7 Å². The molecule has 1 aliphatic heterocycles. The lowest BCUT2D eigenvalue weighted by molar-refractivity contribution is -0.139. The monoisotopic (exact) mass is 439 g/mol. The van der Waals surface area contributed by atoms with Gasteiger partial charge in [-0.3, -0.25) is 9.59 Å². The average Bonchev–Trinajstić information content (AvgIpc) is 3.08. The van der Waals surface area contributed by atoms with Gasteiger partial charge in [-0.25, -0.2) is 0 Å². The fourth-order valence-electron chi connectivity index (χ4n) is 4.27. The van der Waals surface area contributed by atoms with Crippen molar-refractivity contribution in [3.05, 3.63) is 113 Å². The fraction of sp³-hybridized carbons (Fsp3) is 0.241. The van der Waals surface area contributed by atoms with E-state index < -0.39 is 17.7 Å². The molecule has 1 unspecified atom stereocenters. The molecule has 1 heterocycles. The van der Waals surface area contributed by atoms with Gasteiger partial charge in [0.2, 0.25) is 0 Å². The highest BCUT2D eigenvalue weighted by molar-refractivity contribution is 6.46. The number of hydrogen-bond acceptors (Lipinski definition) is 3. The Morgan fingerprint density at radius 2 is 1.42 bits per heavy atom. The molecule has 1 atom stereocenters. The number of rotatable bonds is 5. The molecule has 0 radical (unpaired) electrons. The van der Waals surface area contributed by atoms with Gasteiger partial charge in [-0.05, 0) is 28.5 Å². The second-order valence-electron chi connectivity index (χ2n) is 9.47. The molecule has 0 spiro atoms. The third kappa shape index (κ3) is 4.61. The average molecular weight is 440 g/mol. The van der Waals surface area contributed by atoms with Crippen molar-refractivity contribution >= 4 is 17.4 Å². The molecule has 1 fully saturated rings. The minimum atomic E-state index is -0.644. The third-order valence-corrected chi connectivity index (χ3v) is 6.16. The second kappa shape index (κ2) is 9.07. The summed E-state index contributed by atoms with van der Waals surface area (Å²) >= 11 is 0. The summed E-state index contributed by atoms with van der Waals surface area (Å²) in [6, 6.07) is 26.2. The number of nitrogens with zero attached hydrogens (tertiary/aromatic N) is 1. The number of likely N-dealkylation sites (tertiary alicyclic amines) is 1. The van der Waals surface area contributed by atoms with Gasteiger partial charge < -0.3 is 10.0 Å². The minimum absolute atomic E-state index is 0.0162. The zero-order valence-electron chi connectivity index (χ0n) is 19.3. The van der Waals surface area contributed by atoms with E-state index in [0.29, 0.717) is 18.5 Å². The van der Waals surface area contributed by atoms with Crippen molar-refractivity contribution < 1.29 is 14.7 Å². The van der Waals surface area contributed by atoms with Crippen LogP contribution in [0.3, 0.4) is 0 Å². The van der Waals surface area contributed by atoms with E-state index in [9.17, 15) is 14.7 Å². The van der Waals surface area contributed by atoms with E-state index in [1.165, 1.54) is 0 Å². The first-order chi connectivity index (χ1) is 15.8. The summed E-state index contributed by atoms with van der Waals surface area (Å²) < 4.78 is 0. The highest BCUT2D eigenvalue weighted by Crippen LogP contribution is 2.40. The zero-order chi connectivity index (χ0) is 23.6. The minimum Gasteiger partial charge on any atom is -0.507 e. The zero-order valence-corrected chi connectivity index (χ0v) is 19.3. The Kier molecular flexibility index (Phi) is 6.19. The van der Waals surface area contributed by atoms with E-state index >= 15 is 0 Å². The predicted octanol–water partition coefficient (Wildman–Crippen LogP) is 5.65. The highest BCUT2D eigenvalue weighted by atomic mass is 16.3. The van der Waals surface area contributed by atoms with Crippen LogP contribution < -0.4 is 0 Å². The number of amides is 1.